The van der Waals surface area contributed by atoms with Crippen molar-refractivity contribution in [3.05, 3.63) is 77.4 Å². The summed E-state index contributed by atoms with van der Waals surface area (Å²) in [4.78, 5) is 14.2. The molecule has 0 unspecified atom stereocenters. The minimum absolute atomic E-state index is 0.202. The molecule has 7 nitrogen and oxygen atoms in total. The van der Waals surface area contributed by atoms with E-state index in [9.17, 15) is 4.79 Å². The Balaban J connectivity index is 1.47. The van der Waals surface area contributed by atoms with Crippen LogP contribution in [0.25, 0.3) is 16.7 Å². The molecule has 0 fully saturated rings. The van der Waals surface area contributed by atoms with E-state index in [1.165, 1.54) is 5.56 Å². The minimum atomic E-state index is -0.307. The van der Waals surface area contributed by atoms with Gasteiger partial charge in [0.2, 0.25) is 0 Å². The quantitative estimate of drug-likeness (QED) is 0.397. The zero-order valence-electron chi connectivity index (χ0n) is 18.8. The zero-order valence-corrected chi connectivity index (χ0v) is 19.6. The molecule has 2 N–H and O–H groups in total. The maximum atomic E-state index is 12.6. The first-order chi connectivity index (χ1) is 15.9. The SMILES string of the molecule is CCCOc1cccc(C(=O)NC(=S)Nc2cc3nn(-c4ccc(C)cc4)nc3cc2C)c1. The monoisotopic (exact) mass is 459 g/mol. The van der Waals surface area contributed by atoms with E-state index in [4.69, 9.17) is 17.0 Å². The largest absolute Gasteiger partial charge is 0.494 e. The average Bonchev–Trinajstić information content (AvgIpc) is 3.21. The van der Waals surface area contributed by atoms with Crippen LogP contribution in [0.4, 0.5) is 5.69 Å². The Hall–Kier alpha value is -3.78. The number of amides is 1. The molecule has 4 aromatic rings. The van der Waals surface area contributed by atoms with E-state index >= 15 is 0 Å². The maximum Gasteiger partial charge on any atom is 0.257 e. The summed E-state index contributed by atoms with van der Waals surface area (Å²) in [5.74, 6) is 0.347. The second kappa shape index (κ2) is 9.79. The van der Waals surface area contributed by atoms with Gasteiger partial charge in [-0.3, -0.25) is 10.1 Å². The molecule has 0 aliphatic carbocycles. The van der Waals surface area contributed by atoms with Crippen molar-refractivity contribution in [2.45, 2.75) is 27.2 Å². The van der Waals surface area contributed by atoms with Crippen molar-refractivity contribution in [1.29, 1.82) is 0 Å². The van der Waals surface area contributed by atoms with Crippen LogP contribution in [0.2, 0.25) is 0 Å². The highest BCUT2D eigenvalue weighted by Gasteiger charge is 2.12. The van der Waals surface area contributed by atoms with Crippen LogP contribution in [0.1, 0.15) is 34.8 Å². The molecule has 0 spiro atoms. The summed E-state index contributed by atoms with van der Waals surface area (Å²) in [6.45, 7) is 6.62. The number of aryl methyl sites for hydroxylation is 2. The first kappa shape index (κ1) is 22.4. The van der Waals surface area contributed by atoms with Gasteiger partial charge in [-0.15, -0.1) is 10.2 Å². The number of nitrogens with zero attached hydrogens (tertiary/aromatic N) is 3. The molecular weight excluding hydrogens is 434 g/mol. The normalized spacial score (nSPS) is 10.8. The number of carbonyl (C=O) groups excluding carboxylic acids is 1. The number of aromatic nitrogens is 3. The van der Waals surface area contributed by atoms with E-state index in [2.05, 4.69) is 20.8 Å². The van der Waals surface area contributed by atoms with Gasteiger partial charge in [-0.05, 0) is 80.5 Å². The zero-order chi connectivity index (χ0) is 23.4. The number of carbonyl (C=O) groups is 1. The lowest BCUT2D eigenvalue weighted by Crippen LogP contribution is -2.34. The third kappa shape index (κ3) is 5.35. The highest BCUT2D eigenvalue weighted by Crippen LogP contribution is 2.22. The highest BCUT2D eigenvalue weighted by molar-refractivity contribution is 7.80. The second-order valence-electron chi connectivity index (χ2n) is 7.77. The third-order valence-corrected chi connectivity index (χ3v) is 5.24. The lowest BCUT2D eigenvalue weighted by molar-refractivity contribution is 0.0977. The second-order valence-corrected chi connectivity index (χ2v) is 8.17. The van der Waals surface area contributed by atoms with Crippen molar-refractivity contribution in [2.75, 3.05) is 11.9 Å². The fourth-order valence-electron chi connectivity index (χ4n) is 3.27. The van der Waals surface area contributed by atoms with E-state index in [1.54, 1.807) is 23.0 Å². The molecule has 0 bridgehead atoms. The van der Waals surface area contributed by atoms with Crippen LogP contribution >= 0.6 is 12.2 Å². The van der Waals surface area contributed by atoms with Crippen LogP contribution in [-0.4, -0.2) is 32.6 Å². The van der Waals surface area contributed by atoms with E-state index in [-0.39, 0.29) is 11.0 Å². The van der Waals surface area contributed by atoms with Gasteiger partial charge in [0, 0.05) is 11.3 Å². The molecule has 1 aromatic heterocycles. The number of hydrogen-bond donors (Lipinski definition) is 2. The minimum Gasteiger partial charge on any atom is -0.494 e. The number of hydrogen-bond acceptors (Lipinski definition) is 5. The maximum absolute atomic E-state index is 12.6. The summed E-state index contributed by atoms with van der Waals surface area (Å²) in [5.41, 5.74) is 5.72. The van der Waals surface area contributed by atoms with Gasteiger partial charge in [-0.2, -0.15) is 4.80 Å². The number of thiocarbonyl (C=S) groups is 1. The molecule has 1 amide bonds. The van der Waals surface area contributed by atoms with Crippen molar-refractivity contribution < 1.29 is 9.53 Å². The van der Waals surface area contributed by atoms with Gasteiger partial charge >= 0.3 is 0 Å². The summed E-state index contributed by atoms with van der Waals surface area (Å²) in [6, 6.07) is 18.8. The van der Waals surface area contributed by atoms with Crippen LogP contribution < -0.4 is 15.4 Å². The molecule has 0 atom stereocenters. The summed E-state index contributed by atoms with van der Waals surface area (Å²) < 4.78 is 5.60. The van der Waals surface area contributed by atoms with Gasteiger partial charge < -0.3 is 10.1 Å². The number of rotatable bonds is 6. The Morgan fingerprint density at radius 3 is 2.48 bits per heavy atom. The first-order valence-corrected chi connectivity index (χ1v) is 11.1. The molecule has 0 saturated carbocycles. The summed E-state index contributed by atoms with van der Waals surface area (Å²) in [5, 5.41) is 15.2. The van der Waals surface area contributed by atoms with Gasteiger partial charge in [0.15, 0.2) is 5.11 Å². The van der Waals surface area contributed by atoms with E-state index < -0.39 is 0 Å². The molecule has 168 valence electrons. The van der Waals surface area contributed by atoms with Gasteiger partial charge in [0.25, 0.3) is 5.91 Å². The van der Waals surface area contributed by atoms with Crippen LogP contribution in [0.15, 0.2) is 60.7 Å². The fourth-order valence-corrected chi connectivity index (χ4v) is 3.47. The van der Waals surface area contributed by atoms with Gasteiger partial charge in [-0.1, -0.05) is 30.7 Å². The summed E-state index contributed by atoms with van der Waals surface area (Å²) >= 11 is 5.38. The average molecular weight is 460 g/mol. The molecule has 0 aliphatic rings. The topological polar surface area (TPSA) is 81.1 Å². The van der Waals surface area contributed by atoms with E-state index in [0.29, 0.717) is 17.9 Å². The van der Waals surface area contributed by atoms with Gasteiger partial charge in [0.05, 0.1) is 12.3 Å². The Kier molecular flexibility index (Phi) is 6.65. The summed E-state index contributed by atoms with van der Waals surface area (Å²) in [7, 11) is 0. The Bertz CT molecular complexity index is 1310. The standard InChI is InChI=1S/C25H25N5O2S/c1-4-12-32-20-7-5-6-18(14-20)24(31)27-25(33)26-21-15-23-22(13-17(21)3)28-30(29-23)19-10-8-16(2)9-11-19/h5-11,13-15H,4,12H2,1-3H3,(H2,26,27,31,33). The molecule has 0 saturated heterocycles. The number of anilines is 1. The predicted octanol–water partition coefficient (Wildman–Crippen LogP) is 4.95. The number of nitrogens with one attached hydrogen (secondary N) is 2. The van der Waals surface area contributed by atoms with E-state index in [1.807, 2.05) is 63.2 Å². The van der Waals surface area contributed by atoms with Crippen LogP contribution in [-0.2, 0) is 0 Å². The molecule has 8 heteroatoms. The van der Waals surface area contributed by atoms with Crippen LogP contribution in [0, 0.1) is 13.8 Å². The van der Waals surface area contributed by atoms with Crippen molar-refractivity contribution in [3.8, 4) is 11.4 Å². The van der Waals surface area contributed by atoms with Crippen molar-refractivity contribution in [2.24, 2.45) is 0 Å². The number of benzene rings is 3. The van der Waals surface area contributed by atoms with Crippen molar-refractivity contribution >= 4 is 40.0 Å². The molecule has 1 heterocycles. The summed E-state index contributed by atoms with van der Waals surface area (Å²) in [6.07, 6.45) is 0.896. The first-order valence-electron chi connectivity index (χ1n) is 10.7. The molecule has 33 heavy (non-hydrogen) atoms. The number of fused-ring (bicyclic) bond motifs is 1. The van der Waals surface area contributed by atoms with Crippen molar-refractivity contribution in [3.63, 3.8) is 0 Å². The van der Waals surface area contributed by atoms with Crippen molar-refractivity contribution in [1.82, 2.24) is 20.3 Å². The van der Waals surface area contributed by atoms with Gasteiger partial charge in [-0.25, -0.2) is 0 Å². The van der Waals surface area contributed by atoms with Crippen LogP contribution in [0.3, 0.4) is 0 Å². The lowest BCUT2D eigenvalue weighted by atomic mass is 10.2. The molecule has 3 aromatic carbocycles. The van der Waals surface area contributed by atoms with E-state index in [0.717, 1.165) is 34.4 Å². The Morgan fingerprint density at radius 2 is 1.76 bits per heavy atom. The smallest absolute Gasteiger partial charge is 0.257 e. The predicted molar refractivity (Wildman–Crippen MR) is 134 cm³/mol. The lowest BCUT2D eigenvalue weighted by Gasteiger charge is -2.12. The molecule has 4 rings (SSSR count). The Labute approximate surface area is 197 Å². The fraction of sp³-hybridized carbons (Fsp3) is 0.200. The third-order valence-electron chi connectivity index (χ3n) is 5.04. The van der Waals surface area contributed by atoms with Crippen LogP contribution in [0.5, 0.6) is 5.75 Å². The van der Waals surface area contributed by atoms with Gasteiger partial charge in [0.1, 0.15) is 16.8 Å². The molecule has 0 aliphatic heterocycles. The molecular formula is C25H25N5O2S. The number of ether oxygens (including phenoxy) is 1. The Morgan fingerprint density at radius 1 is 1.03 bits per heavy atom. The highest BCUT2D eigenvalue weighted by atomic mass is 32.1. The molecule has 0 radical (unpaired) electrons.